The third-order valence-electron chi connectivity index (χ3n) is 2.62. The van der Waals surface area contributed by atoms with Gasteiger partial charge < -0.3 is 11.6 Å². The lowest BCUT2D eigenvalue weighted by atomic mass is 9.88. The molecule has 0 aromatic rings. The summed E-state index contributed by atoms with van der Waals surface area (Å²) >= 11 is 0. The van der Waals surface area contributed by atoms with Crippen LogP contribution in [0.15, 0.2) is 0 Å². The molecule has 1 rings (SSSR count). The molecule has 1 saturated carbocycles. The molecule has 0 atom stereocenters. The molecule has 0 radical (unpaired) electrons. The number of hydrogen-bond acceptors (Lipinski definition) is 3. The summed E-state index contributed by atoms with van der Waals surface area (Å²) in [5.74, 6) is 1.07. The number of hydrogen-bond donors (Lipinski definition) is 1. The molecule has 0 aromatic carbocycles. The molecule has 0 aromatic heterocycles. The summed E-state index contributed by atoms with van der Waals surface area (Å²) in [7, 11) is -2.72. The fourth-order valence-corrected chi connectivity index (χ4v) is 2.62. The van der Waals surface area contributed by atoms with Gasteiger partial charge in [-0.15, -0.1) is 0 Å². The summed E-state index contributed by atoms with van der Waals surface area (Å²) < 4.78 is 21.7. The van der Waals surface area contributed by atoms with Gasteiger partial charge in [0.15, 0.2) is 0 Å². The zero-order chi connectivity index (χ0) is 11.0. The van der Waals surface area contributed by atoms with Gasteiger partial charge in [0.25, 0.3) is 0 Å². The average Bonchev–Trinajstić information content (AvgIpc) is 2.19. The second kappa shape index (κ2) is 11.4. The molecule has 1 aliphatic carbocycles. The minimum absolute atomic E-state index is 0. The van der Waals surface area contributed by atoms with E-state index >= 15 is 0 Å². The molecule has 0 saturated heterocycles. The molecular weight excluding hydrogens is 226 g/mol. The highest BCUT2D eigenvalue weighted by molar-refractivity contribution is 7.90. The Morgan fingerprint density at radius 3 is 1.94 bits per heavy atom. The van der Waals surface area contributed by atoms with Gasteiger partial charge in [0, 0.05) is 7.68 Å². The van der Waals surface area contributed by atoms with Crippen molar-refractivity contribution >= 4 is 9.84 Å². The third kappa shape index (κ3) is 11.9. The minimum Gasteiger partial charge on any atom is -0.412 e. The summed E-state index contributed by atoms with van der Waals surface area (Å²) in [6.07, 6.45) is 8.65. The van der Waals surface area contributed by atoms with Crippen LogP contribution in [0.25, 0.3) is 0 Å². The topological polar surface area (TPSA) is 101 Å². The van der Waals surface area contributed by atoms with E-state index in [0.29, 0.717) is 11.7 Å². The Kier molecular flexibility index (Phi) is 15.0. The fourth-order valence-electron chi connectivity index (χ4n) is 1.86. The van der Waals surface area contributed by atoms with E-state index in [1.54, 1.807) is 0 Å². The van der Waals surface area contributed by atoms with Gasteiger partial charge >= 0.3 is 0 Å². The molecule has 0 amide bonds. The zero-order valence-corrected chi connectivity index (χ0v) is 11.8. The van der Waals surface area contributed by atoms with Gasteiger partial charge in [0.2, 0.25) is 0 Å². The van der Waals surface area contributed by atoms with Crippen molar-refractivity contribution in [1.82, 2.24) is 6.15 Å². The first kappa shape index (κ1) is 21.2. The monoisotopic (exact) mass is 257 g/mol. The molecule has 1 aliphatic rings. The van der Waals surface area contributed by atoms with Crippen molar-refractivity contribution in [2.24, 2.45) is 5.92 Å². The van der Waals surface area contributed by atoms with Gasteiger partial charge in [-0.2, -0.15) is 0 Å². The Hall–Kier alpha value is -0.130. The maximum absolute atomic E-state index is 10.9. The number of rotatable bonds is 3. The van der Waals surface area contributed by atoms with Gasteiger partial charge in [-0.3, -0.25) is 0 Å². The molecule has 4 nitrogen and oxygen atoms in total. The summed E-state index contributed by atoms with van der Waals surface area (Å²) in [5, 5.41) is 0. The van der Waals surface area contributed by atoms with E-state index in [4.69, 9.17) is 0 Å². The maximum atomic E-state index is 10.9. The van der Waals surface area contributed by atoms with E-state index in [1.165, 1.54) is 38.4 Å². The first-order chi connectivity index (χ1) is 6.58. The van der Waals surface area contributed by atoms with Crippen molar-refractivity contribution in [2.45, 2.75) is 52.4 Å². The molecule has 16 heavy (non-hydrogen) atoms. The van der Waals surface area contributed by atoms with E-state index < -0.39 is 9.84 Å². The molecule has 5 heteroatoms. The first-order valence-corrected chi connectivity index (χ1v) is 7.82. The molecule has 0 aliphatic heterocycles. The van der Waals surface area contributed by atoms with Gasteiger partial charge in [-0.25, -0.2) is 8.42 Å². The van der Waals surface area contributed by atoms with Crippen molar-refractivity contribution < 1.29 is 15.3 Å². The van der Waals surface area contributed by atoms with E-state index in [9.17, 15) is 8.42 Å². The van der Waals surface area contributed by atoms with Crippen LogP contribution < -0.4 is 6.15 Å². The highest BCUT2D eigenvalue weighted by atomic mass is 32.2. The first-order valence-electron chi connectivity index (χ1n) is 5.76. The van der Waals surface area contributed by atoms with Crippen LogP contribution in [0.3, 0.4) is 0 Å². The van der Waals surface area contributed by atoms with Gasteiger partial charge in [0.1, 0.15) is 9.84 Å². The van der Waals surface area contributed by atoms with Gasteiger partial charge in [-0.05, 0) is 12.3 Å². The molecule has 104 valence electrons. The Labute approximate surface area is 102 Å². The average molecular weight is 257 g/mol. The second-order valence-electron chi connectivity index (χ2n) is 3.92. The molecule has 0 bridgehead atoms. The summed E-state index contributed by atoms with van der Waals surface area (Å²) in [5.41, 5.74) is 0. The van der Waals surface area contributed by atoms with Gasteiger partial charge in [0.05, 0.1) is 5.75 Å². The van der Waals surface area contributed by atoms with Crippen molar-refractivity contribution in [3.8, 4) is 0 Å². The van der Waals surface area contributed by atoms with Crippen LogP contribution in [-0.4, -0.2) is 25.9 Å². The van der Waals surface area contributed by atoms with Crippen molar-refractivity contribution in [3.63, 3.8) is 0 Å². The molecule has 1 fully saturated rings. The predicted octanol–water partition coefficient (Wildman–Crippen LogP) is 2.61. The lowest BCUT2D eigenvalue weighted by molar-refractivity contribution is 0.350. The van der Waals surface area contributed by atoms with Crippen LogP contribution in [0.4, 0.5) is 0 Å². The van der Waals surface area contributed by atoms with Crippen LogP contribution in [0.1, 0.15) is 53.8 Å². The maximum Gasteiger partial charge on any atom is 0.147 e. The van der Waals surface area contributed by atoms with Crippen LogP contribution in [0.5, 0.6) is 0 Å². The molecule has 0 heterocycles. The van der Waals surface area contributed by atoms with Crippen LogP contribution in [0.2, 0.25) is 0 Å². The normalized spacial score (nSPS) is 16.2. The summed E-state index contributed by atoms with van der Waals surface area (Å²) in [6.45, 7) is 4.00. The van der Waals surface area contributed by atoms with Gasteiger partial charge in [-0.1, -0.05) is 46.0 Å². The minimum atomic E-state index is -2.72. The van der Waals surface area contributed by atoms with E-state index in [2.05, 4.69) is 0 Å². The zero-order valence-electron chi connectivity index (χ0n) is 11.0. The Morgan fingerprint density at radius 1 is 1.12 bits per heavy atom. The highest BCUT2D eigenvalue weighted by Gasteiger charge is 2.15. The van der Waals surface area contributed by atoms with Crippen LogP contribution >= 0.6 is 0 Å². The molecule has 0 unspecified atom stereocenters. The third-order valence-corrected chi connectivity index (χ3v) is 3.60. The number of sulfone groups is 1. The predicted molar refractivity (Wildman–Crippen MR) is 73.0 cm³/mol. The fraction of sp³-hybridized carbons (Fsp3) is 1.00. The van der Waals surface area contributed by atoms with Crippen LogP contribution in [0, 0.1) is 5.92 Å². The second-order valence-corrected chi connectivity index (χ2v) is 6.18. The molecule has 0 spiro atoms. The summed E-state index contributed by atoms with van der Waals surface area (Å²) in [4.78, 5) is 0. The summed E-state index contributed by atoms with van der Waals surface area (Å²) in [6, 6.07) is 0. The van der Waals surface area contributed by atoms with E-state index in [1.807, 2.05) is 13.8 Å². The largest absolute Gasteiger partial charge is 0.412 e. The highest BCUT2D eigenvalue weighted by Crippen LogP contribution is 2.26. The van der Waals surface area contributed by atoms with Crippen molar-refractivity contribution in [2.75, 3.05) is 12.0 Å². The van der Waals surface area contributed by atoms with Crippen molar-refractivity contribution in [3.05, 3.63) is 0 Å². The standard InChI is InChI=1S/C9H18O2S.C2H6.H3N.H2O.H2/c1-12(10,11)8-7-9-5-3-2-4-6-9;1-2;;;/h9H,2-8H2,1H3;1-2H3;1H3;1H2;1H. The lowest BCUT2D eigenvalue weighted by Gasteiger charge is -2.20. The Morgan fingerprint density at radius 2 is 1.56 bits per heavy atom. The molecular formula is C11H31NO3S. The van der Waals surface area contributed by atoms with Crippen molar-refractivity contribution in [1.29, 1.82) is 0 Å². The Balaban J connectivity index is -0.000000160. The SMILES string of the molecule is CC.CS(=O)(=O)CCC1CCCCC1.N.O.[HH]. The van der Waals surface area contributed by atoms with Crippen LogP contribution in [-0.2, 0) is 9.84 Å². The Bertz CT molecular complexity index is 227. The van der Waals surface area contributed by atoms with E-state index in [0.717, 1.165) is 6.42 Å². The quantitative estimate of drug-likeness (QED) is 0.840. The lowest BCUT2D eigenvalue weighted by Crippen LogP contribution is -2.12. The van der Waals surface area contributed by atoms with E-state index in [-0.39, 0.29) is 13.1 Å². The molecule has 5 N–H and O–H groups in total. The smallest absolute Gasteiger partial charge is 0.147 e.